The number of halogens is 1. The van der Waals surface area contributed by atoms with Crippen molar-refractivity contribution in [2.24, 2.45) is 0 Å². The molecule has 3 rings (SSSR count). The Hall–Kier alpha value is -2.20. The minimum atomic E-state index is -0.350. The lowest BCUT2D eigenvalue weighted by Crippen LogP contribution is -2.32. The van der Waals surface area contributed by atoms with Crippen molar-refractivity contribution in [1.29, 1.82) is 0 Å². The van der Waals surface area contributed by atoms with Gasteiger partial charge in [-0.3, -0.25) is 4.79 Å². The lowest BCUT2D eigenvalue weighted by atomic mass is 10.00. The van der Waals surface area contributed by atoms with Crippen LogP contribution in [0.25, 0.3) is 0 Å². The molecular formula is C16H14ClNO3. The van der Waals surface area contributed by atoms with Gasteiger partial charge in [0.05, 0.1) is 18.2 Å². The van der Waals surface area contributed by atoms with Gasteiger partial charge in [-0.05, 0) is 24.3 Å². The van der Waals surface area contributed by atoms with E-state index < -0.39 is 0 Å². The summed E-state index contributed by atoms with van der Waals surface area (Å²) in [6.45, 7) is 0.545. The minimum Gasteiger partial charge on any atom is -0.507 e. The Morgan fingerprint density at radius 3 is 2.95 bits per heavy atom. The largest absolute Gasteiger partial charge is 0.507 e. The highest BCUT2D eigenvalue weighted by Crippen LogP contribution is 2.32. The van der Waals surface area contributed by atoms with Gasteiger partial charge in [0.2, 0.25) is 0 Å². The molecule has 108 valence electrons. The highest BCUT2D eigenvalue weighted by molar-refractivity contribution is 6.31. The first-order chi connectivity index (χ1) is 10.1. The Morgan fingerprint density at radius 1 is 1.29 bits per heavy atom. The molecule has 5 heteroatoms. The summed E-state index contributed by atoms with van der Waals surface area (Å²) in [7, 11) is 0. The van der Waals surface area contributed by atoms with E-state index in [-0.39, 0.29) is 23.3 Å². The number of ether oxygens (including phenoxy) is 1. The monoisotopic (exact) mass is 303 g/mol. The Morgan fingerprint density at radius 2 is 2.10 bits per heavy atom. The quantitative estimate of drug-likeness (QED) is 0.895. The summed E-state index contributed by atoms with van der Waals surface area (Å²) in [6, 6.07) is 11.9. The number of phenolic OH excluding ortho intramolecular Hbond substituents is 1. The van der Waals surface area contributed by atoms with E-state index in [2.05, 4.69) is 5.32 Å². The first-order valence-corrected chi connectivity index (χ1v) is 7.04. The molecule has 0 bridgehead atoms. The molecule has 1 atom stereocenters. The van der Waals surface area contributed by atoms with Crippen LogP contribution in [0, 0.1) is 0 Å². The van der Waals surface area contributed by atoms with Crippen molar-refractivity contribution < 1.29 is 14.6 Å². The topological polar surface area (TPSA) is 58.6 Å². The number of nitrogens with one attached hydrogen (secondary N) is 1. The van der Waals surface area contributed by atoms with Crippen molar-refractivity contribution in [2.45, 2.75) is 12.5 Å². The molecule has 0 spiro atoms. The van der Waals surface area contributed by atoms with Gasteiger partial charge in [0.15, 0.2) is 0 Å². The molecular weight excluding hydrogens is 290 g/mol. The zero-order valence-corrected chi connectivity index (χ0v) is 11.9. The van der Waals surface area contributed by atoms with Crippen molar-refractivity contribution in [3.63, 3.8) is 0 Å². The van der Waals surface area contributed by atoms with Crippen LogP contribution in [0.2, 0.25) is 5.02 Å². The van der Waals surface area contributed by atoms with Crippen LogP contribution in [0.3, 0.4) is 0 Å². The molecule has 1 aliphatic heterocycles. The molecule has 0 aliphatic carbocycles. The van der Waals surface area contributed by atoms with E-state index >= 15 is 0 Å². The van der Waals surface area contributed by atoms with E-state index in [0.717, 1.165) is 11.3 Å². The highest BCUT2D eigenvalue weighted by Gasteiger charge is 2.24. The summed E-state index contributed by atoms with van der Waals surface area (Å²) >= 11 is 5.87. The van der Waals surface area contributed by atoms with Gasteiger partial charge in [-0.25, -0.2) is 0 Å². The number of aromatic hydroxyl groups is 1. The Bertz CT molecular complexity index is 687. The van der Waals surface area contributed by atoms with Gasteiger partial charge in [-0.1, -0.05) is 29.8 Å². The van der Waals surface area contributed by atoms with Crippen molar-refractivity contribution >= 4 is 17.5 Å². The summed E-state index contributed by atoms with van der Waals surface area (Å²) < 4.78 is 5.56. The molecule has 1 heterocycles. The number of amides is 1. The fourth-order valence-corrected chi connectivity index (χ4v) is 2.59. The molecule has 2 aromatic rings. The zero-order chi connectivity index (χ0) is 14.8. The predicted molar refractivity (Wildman–Crippen MR) is 79.9 cm³/mol. The summed E-state index contributed by atoms with van der Waals surface area (Å²) in [5.41, 5.74) is 1.12. The van der Waals surface area contributed by atoms with E-state index in [1.165, 1.54) is 18.2 Å². The molecule has 0 saturated heterocycles. The fourth-order valence-electron chi connectivity index (χ4n) is 2.42. The van der Waals surface area contributed by atoms with E-state index in [1.54, 1.807) is 0 Å². The number of para-hydroxylation sites is 1. The van der Waals surface area contributed by atoms with Crippen LogP contribution in [0.1, 0.15) is 28.4 Å². The second-order valence-electron chi connectivity index (χ2n) is 4.86. The van der Waals surface area contributed by atoms with Crippen LogP contribution in [0.15, 0.2) is 42.5 Å². The smallest absolute Gasteiger partial charge is 0.255 e. The highest BCUT2D eigenvalue weighted by atomic mass is 35.5. The van der Waals surface area contributed by atoms with Crippen LogP contribution < -0.4 is 10.1 Å². The second-order valence-corrected chi connectivity index (χ2v) is 5.30. The third-order valence-electron chi connectivity index (χ3n) is 3.47. The summed E-state index contributed by atoms with van der Waals surface area (Å²) in [4.78, 5) is 12.3. The molecule has 2 N–H and O–H groups in total. The maximum absolute atomic E-state index is 12.3. The number of fused-ring (bicyclic) bond motifs is 1. The van der Waals surface area contributed by atoms with Crippen molar-refractivity contribution in [3.8, 4) is 11.5 Å². The fraction of sp³-hybridized carbons (Fsp3) is 0.188. The lowest BCUT2D eigenvalue weighted by Gasteiger charge is -2.26. The third kappa shape index (κ3) is 2.81. The van der Waals surface area contributed by atoms with Crippen LogP contribution in [-0.4, -0.2) is 17.6 Å². The lowest BCUT2D eigenvalue weighted by molar-refractivity contribution is 0.0922. The van der Waals surface area contributed by atoms with Gasteiger partial charge in [-0.15, -0.1) is 0 Å². The molecule has 0 unspecified atom stereocenters. The maximum atomic E-state index is 12.3. The van der Waals surface area contributed by atoms with E-state index in [0.29, 0.717) is 18.1 Å². The van der Waals surface area contributed by atoms with Crippen LogP contribution in [0.4, 0.5) is 0 Å². The van der Waals surface area contributed by atoms with E-state index in [1.807, 2.05) is 24.3 Å². The van der Waals surface area contributed by atoms with Gasteiger partial charge in [0.1, 0.15) is 11.5 Å². The number of rotatable bonds is 2. The zero-order valence-electron chi connectivity index (χ0n) is 11.2. The van der Waals surface area contributed by atoms with Gasteiger partial charge < -0.3 is 15.2 Å². The van der Waals surface area contributed by atoms with Gasteiger partial charge in [0, 0.05) is 17.0 Å². The minimum absolute atomic E-state index is 0.0859. The molecule has 2 aromatic carbocycles. The standard InChI is InChI=1S/C16H14ClNO3/c17-10-5-6-14(19)12(9-10)16(20)18-13-7-8-21-15-4-2-1-3-11(13)15/h1-6,9,13,19H,7-8H2,(H,18,20)/t13-/m0/s1. The van der Waals surface area contributed by atoms with Crippen LogP contribution >= 0.6 is 11.6 Å². The molecule has 1 amide bonds. The summed E-state index contributed by atoms with van der Waals surface area (Å²) in [5, 5.41) is 13.1. The first-order valence-electron chi connectivity index (χ1n) is 6.66. The van der Waals surface area contributed by atoms with Gasteiger partial charge in [0.25, 0.3) is 5.91 Å². The van der Waals surface area contributed by atoms with Crippen LogP contribution in [-0.2, 0) is 0 Å². The average Bonchev–Trinajstić information content (AvgIpc) is 2.50. The summed E-state index contributed by atoms with van der Waals surface area (Å²) in [5.74, 6) is 0.346. The molecule has 4 nitrogen and oxygen atoms in total. The molecule has 21 heavy (non-hydrogen) atoms. The molecule has 1 aliphatic rings. The Balaban J connectivity index is 1.84. The average molecular weight is 304 g/mol. The van der Waals surface area contributed by atoms with Gasteiger partial charge >= 0.3 is 0 Å². The SMILES string of the molecule is O=C(N[C@H]1CCOc2ccccc21)c1cc(Cl)ccc1O. The molecule has 0 saturated carbocycles. The number of carbonyl (C=O) groups excluding carboxylic acids is 1. The van der Waals surface area contributed by atoms with E-state index in [9.17, 15) is 9.90 Å². The number of benzene rings is 2. The Kier molecular flexibility index (Phi) is 3.71. The number of phenols is 1. The second kappa shape index (κ2) is 5.66. The van der Waals surface area contributed by atoms with Crippen molar-refractivity contribution in [1.82, 2.24) is 5.32 Å². The third-order valence-corrected chi connectivity index (χ3v) is 3.70. The first kappa shape index (κ1) is 13.8. The Labute approximate surface area is 127 Å². The molecule has 0 fully saturated rings. The van der Waals surface area contributed by atoms with Crippen LogP contribution in [0.5, 0.6) is 11.5 Å². The number of hydrogen-bond donors (Lipinski definition) is 2. The van der Waals surface area contributed by atoms with E-state index in [4.69, 9.17) is 16.3 Å². The van der Waals surface area contributed by atoms with Crippen molar-refractivity contribution in [2.75, 3.05) is 6.61 Å². The predicted octanol–water partition coefficient (Wildman–Crippen LogP) is 3.30. The maximum Gasteiger partial charge on any atom is 0.255 e. The molecule has 0 aromatic heterocycles. The number of carbonyl (C=O) groups is 1. The van der Waals surface area contributed by atoms with Gasteiger partial charge in [-0.2, -0.15) is 0 Å². The summed E-state index contributed by atoms with van der Waals surface area (Å²) in [6.07, 6.45) is 0.685. The normalized spacial score (nSPS) is 16.7. The molecule has 0 radical (unpaired) electrons. The van der Waals surface area contributed by atoms with Crippen molar-refractivity contribution in [3.05, 3.63) is 58.6 Å². The number of hydrogen-bond acceptors (Lipinski definition) is 3.